The van der Waals surface area contributed by atoms with E-state index in [1.54, 1.807) is 0 Å². The molecule has 0 unspecified atom stereocenters. The van der Waals surface area contributed by atoms with Crippen molar-refractivity contribution in [2.75, 3.05) is 6.54 Å². The van der Waals surface area contributed by atoms with Gasteiger partial charge >= 0.3 is 0 Å². The molecule has 4 N–H and O–H groups in total. The smallest absolute Gasteiger partial charge is 0.239 e. The third-order valence-corrected chi connectivity index (χ3v) is 4.06. The first kappa shape index (κ1) is 31.3. The molecule has 0 radical (unpaired) electrons. The first-order chi connectivity index (χ1) is 12.4. The highest BCUT2D eigenvalue weighted by Gasteiger charge is 1.94. The second-order valence-corrected chi connectivity index (χ2v) is 11.6. The van der Waals surface area contributed by atoms with Crippen LogP contribution in [0.3, 0.4) is 0 Å². The van der Waals surface area contributed by atoms with Gasteiger partial charge in [0.05, 0.1) is 0 Å². The van der Waals surface area contributed by atoms with Gasteiger partial charge in [0, 0.05) is 0 Å². The third-order valence-electron chi connectivity index (χ3n) is 4.06. The summed E-state index contributed by atoms with van der Waals surface area (Å²) in [5.74, 6) is 0. The van der Waals surface area contributed by atoms with E-state index in [1.807, 2.05) is 6.79 Å². The van der Waals surface area contributed by atoms with E-state index in [0.29, 0.717) is 0 Å². The van der Waals surface area contributed by atoms with Gasteiger partial charge in [0.15, 0.2) is 0 Å². The van der Waals surface area contributed by atoms with Crippen LogP contribution in [0.5, 0.6) is 0 Å². The number of hydrogen-bond donors (Lipinski definition) is 4. The summed E-state index contributed by atoms with van der Waals surface area (Å²) in [7, 11) is 0. The van der Waals surface area contributed by atoms with E-state index in [0.717, 1.165) is 6.54 Å². The highest BCUT2D eigenvalue weighted by atomic mass is 32.9. The monoisotopic (exact) mass is 429 g/mol. The fourth-order valence-electron chi connectivity index (χ4n) is 2.69. The van der Waals surface area contributed by atoms with Gasteiger partial charge in [0.2, 0.25) is 5.69 Å². The lowest BCUT2D eigenvalue weighted by atomic mass is 10.0. The highest BCUT2D eigenvalue weighted by Crippen LogP contribution is 2.39. The lowest BCUT2D eigenvalue weighted by Gasteiger charge is -2.03. The number of hydrogen-bond acceptors (Lipinski definition) is 3. The molecule has 0 amide bonds. The zero-order chi connectivity index (χ0) is 20.5. The Balaban J connectivity index is -0.000000645. The van der Waals surface area contributed by atoms with Crippen LogP contribution in [0.1, 0.15) is 110 Å². The quantitative estimate of drug-likeness (QED) is 0.134. The van der Waals surface area contributed by atoms with Crippen molar-refractivity contribution in [2.24, 2.45) is 5.73 Å². The van der Waals surface area contributed by atoms with Gasteiger partial charge in [0.25, 0.3) is 0 Å². The molecule has 0 atom stereocenters. The van der Waals surface area contributed by atoms with Crippen molar-refractivity contribution in [1.29, 1.82) is 0 Å². The van der Waals surface area contributed by atoms with E-state index in [2.05, 4.69) is 31.0 Å². The minimum atomic E-state index is -3.11. The molecular formula is C19H44NO3PS2. The molecule has 0 aromatic rings. The topological polar surface area (TPSA) is 83.6 Å². The molecule has 0 bridgehead atoms. The number of nitrogens with two attached hydrogens (primary N) is 1. The van der Waals surface area contributed by atoms with Gasteiger partial charge < -0.3 is 20.3 Å². The third kappa shape index (κ3) is 49.7. The average molecular weight is 430 g/mol. The Morgan fingerprint density at radius 1 is 0.731 bits per heavy atom. The Bertz CT molecular complexity index is 268. The number of carbonyl (C=O) groups excluding carboxylic acids is 1. The standard InChI is InChI=1S/C18H39N.CH2O.H3O2PS2/c1-2-3-4-5-6-7-8-9-10-11-12-13-14-15-16-17-18-19;1-2;1-3(2,4)5/h2-19H2,1H3;1H2;(H3,1,2,4,5). The normalized spacial score (nSPS) is 10.5. The minimum absolute atomic E-state index is 0.873. The SMILES string of the molecule is C=O.CCCCCCCCCCCCCCCCCCN.OP(O)(=S)S. The van der Waals surface area contributed by atoms with Crippen LogP contribution in [0.4, 0.5) is 0 Å². The molecule has 0 spiro atoms. The molecule has 0 heterocycles. The fraction of sp³-hybridized carbons (Fsp3) is 0.947. The number of carbonyl (C=O) groups is 1. The molecular weight excluding hydrogens is 385 g/mol. The van der Waals surface area contributed by atoms with Crippen molar-refractivity contribution in [2.45, 2.75) is 110 Å². The van der Waals surface area contributed by atoms with E-state index in [-0.39, 0.29) is 0 Å². The van der Waals surface area contributed by atoms with E-state index < -0.39 is 5.69 Å². The van der Waals surface area contributed by atoms with E-state index >= 15 is 0 Å². The maximum Gasteiger partial charge on any atom is 0.239 e. The summed E-state index contributed by atoms with van der Waals surface area (Å²) < 4.78 is 0. The van der Waals surface area contributed by atoms with Crippen LogP contribution >= 0.6 is 17.9 Å². The molecule has 0 saturated carbocycles. The predicted octanol–water partition coefficient (Wildman–Crippen LogP) is 6.15. The Hall–Kier alpha value is 0.550. The molecule has 0 aromatic heterocycles. The average Bonchev–Trinajstić information content (AvgIpc) is 2.59. The molecule has 4 nitrogen and oxygen atoms in total. The number of thiol groups is 1. The minimum Gasteiger partial charge on any atom is -0.338 e. The second-order valence-electron chi connectivity index (χ2n) is 6.61. The van der Waals surface area contributed by atoms with Crippen molar-refractivity contribution >= 4 is 36.5 Å². The molecule has 0 rings (SSSR count). The largest absolute Gasteiger partial charge is 0.338 e. The zero-order valence-corrected chi connectivity index (χ0v) is 19.5. The van der Waals surface area contributed by atoms with Crippen LogP contribution in [-0.2, 0) is 16.6 Å². The first-order valence-corrected chi connectivity index (χ1v) is 14.0. The molecule has 0 aliphatic carbocycles. The maximum atomic E-state index is 8.00. The van der Waals surface area contributed by atoms with E-state index in [4.69, 9.17) is 20.3 Å². The number of rotatable bonds is 16. The lowest BCUT2D eigenvalue weighted by Crippen LogP contribution is -1.97. The molecule has 160 valence electrons. The summed E-state index contributed by atoms with van der Waals surface area (Å²) in [6.07, 6.45) is 22.9. The van der Waals surface area contributed by atoms with Crippen molar-refractivity contribution in [3.8, 4) is 0 Å². The molecule has 0 saturated heterocycles. The molecule has 7 heteroatoms. The Labute approximate surface area is 173 Å². The second kappa shape index (κ2) is 27.8. The zero-order valence-electron chi connectivity index (χ0n) is 16.9. The van der Waals surface area contributed by atoms with Gasteiger partial charge in [-0.1, -0.05) is 115 Å². The lowest BCUT2D eigenvalue weighted by molar-refractivity contribution is -0.0979. The summed E-state index contributed by atoms with van der Waals surface area (Å²) in [5.41, 5.74) is 2.37. The van der Waals surface area contributed by atoms with Crippen molar-refractivity contribution in [3.05, 3.63) is 0 Å². The summed E-state index contributed by atoms with van der Waals surface area (Å²) in [6.45, 7) is 5.16. The summed E-state index contributed by atoms with van der Waals surface area (Å²) in [6, 6.07) is 0. The fourth-order valence-corrected chi connectivity index (χ4v) is 2.69. The van der Waals surface area contributed by atoms with Crippen LogP contribution in [0.2, 0.25) is 0 Å². The van der Waals surface area contributed by atoms with Gasteiger partial charge in [-0.25, -0.2) is 0 Å². The van der Waals surface area contributed by atoms with Gasteiger partial charge in [-0.15, -0.1) is 0 Å². The van der Waals surface area contributed by atoms with Crippen molar-refractivity contribution < 1.29 is 14.6 Å². The molecule has 0 aromatic carbocycles. The molecule has 26 heavy (non-hydrogen) atoms. The summed E-state index contributed by atoms with van der Waals surface area (Å²) >= 11 is 7.07. The Morgan fingerprint density at radius 2 is 0.923 bits per heavy atom. The van der Waals surface area contributed by atoms with Crippen LogP contribution in [0, 0.1) is 0 Å². The van der Waals surface area contributed by atoms with Gasteiger partial charge in [-0.3, -0.25) is 0 Å². The summed E-state index contributed by atoms with van der Waals surface area (Å²) in [4.78, 5) is 23.7. The summed E-state index contributed by atoms with van der Waals surface area (Å²) in [5, 5.41) is 0. The van der Waals surface area contributed by atoms with E-state index in [9.17, 15) is 0 Å². The number of unbranched alkanes of at least 4 members (excludes halogenated alkanes) is 15. The van der Waals surface area contributed by atoms with Gasteiger partial charge in [-0.2, -0.15) is 0 Å². The van der Waals surface area contributed by atoms with Gasteiger partial charge in [0.1, 0.15) is 6.79 Å². The maximum absolute atomic E-state index is 8.00. The molecule has 0 fully saturated rings. The van der Waals surface area contributed by atoms with Crippen LogP contribution in [-0.4, -0.2) is 23.1 Å². The Morgan fingerprint density at radius 3 is 1.12 bits per heavy atom. The molecule has 0 aliphatic rings. The predicted molar refractivity (Wildman–Crippen MR) is 123 cm³/mol. The van der Waals surface area contributed by atoms with E-state index in [1.165, 1.54) is 103 Å². The Kier molecular flexibility index (Phi) is 33.4. The van der Waals surface area contributed by atoms with Crippen LogP contribution < -0.4 is 5.73 Å². The van der Waals surface area contributed by atoms with Crippen LogP contribution in [0.15, 0.2) is 0 Å². The van der Waals surface area contributed by atoms with Gasteiger partial charge in [-0.05, 0) is 24.8 Å². The molecule has 0 aliphatic heterocycles. The van der Waals surface area contributed by atoms with Crippen molar-refractivity contribution in [1.82, 2.24) is 0 Å². The van der Waals surface area contributed by atoms with Crippen LogP contribution in [0.25, 0.3) is 0 Å². The highest BCUT2D eigenvalue weighted by molar-refractivity contribution is 8.59. The van der Waals surface area contributed by atoms with Crippen molar-refractivity contribution in [3.63, 3.8) is 0 Å². The first-order valence-electron chi connectivity index (χ1n) is 10.2.